The van der Waals surface area contributed by atoms with Crippen molar-refractivity contribution in [1.29, 1.82) is 0 Å². The molecule has 0 heterocycles. The van der Waals surface area contributed by atoms with Gasteiger partial charge in [-0.2, -0.15) is 0 Å². The number of benzene rings is 6. The number of rotatable bonds is 4. The molecule has 0 unspecified atom stereocenters. The van der Waals surface area contributed by atoms with Gasteiger partial charge in [0, 0.05) is 18.4 Å². The van der Waals surface area contributed by atoms with Crippen molar-refractivity contribution in [3.8, 4) is 22.3 Å². The predicted molar refractivity (Wildman–Crippen MR) is 152 cm³/mol. The van der Waals surface area contributed by atoms with E-state index in [0.29, 0.717) is 0 Å². The van der Waals surface area contributed by atoms with E-state index in [1.54, 1.807) is 0 Å². The molecule has 0 aliphatic carbocycles. The molecule has 0 saturated carbocycles. The molecule has 0 aliphatic heterocycles. The summed E-state index contributed by atoms with van der Waals surface area (Å²) < 4.78 is 0. The zero-order valence-electron chi connectivity index (χ0n) is 20.1. The highest BCUT2D eigenvalue weighted by Crippen LogP contribution is 2.43. The highest BCUT2D eigenvalue weighted by atomic mass is 15.1. The number of anilines is 2. The molecule has 0 radical (unpaired) electrons. The Morgan fingerprint density at radius 1 is 0.400 bits per heavy atom. The molecule has 0 N–H and O–H groups in total. The van der Waals surface area contributed by atoms with Crippen molar-refractivity contribution in [2.24, 2.45) is 0 Å². The van der Waals surface area contributed by atoms with E-state index in [1.807, 2.05) is 0 Å². The second kappa shape index (κ2) is 8.77. The summed E-state index contributed by atoms with van der Waals surface area (Å²) >= 11 is 0. The number of aryl methyl sites for hydroxylation is 1. The molecule has 6 aromatic rings. The van der Waals surface area contributed by atoms with Crippen molar-refractivity contribution in [1.82, 2.24) is 0 Å². The van der Waals surface area contributed by atoms with Gasteiger partial charge in [0.15, 0.2) is 0 Å². The second-order valence-corrected chi connectivity index (χ2v) is 9.15. The van der Waals surface area contributed by atoms with Gasteiger partial charge in [-0.3, -0.25) is 0 Å². The van der Waals surface area contributed by atoms with Gasteiger partial charge < -0.3 is 4.90 Å². The summed E-state index contributed by atoms with van der Waals surface area (Å²) in [7, 11) is 2.12. The maximum atomic E-state index is 2.26. The van der Waals surface area contributed by atoms with Crippen molar-refractivity contribution in [3.63, 3.8) is 0 Å². The van der Waals surface area contributed by atoms with Crippen LogP contribution in [0.4, 0.5) is 11.4 Å². The first-order valence-electron chi connectivity index (χ1n) is 12.1. The third-order valence-electron chi connectivity index (χ3n) is 6.96. The molecule has 6 rings (SSSR count). The molecule has 35 heavy (non-hydrogen) atoms. The molecule has 6 aromatic carbocycles. The standard InChI is InChI=1S/C34H27N/c1-24-16-18-25(19-17-24)33-29-12-6-8-14-31(29)34(32-15-9-7-13-30(32)33)26-20-22-28(23-21-26)35(2)27-10-4-3-5-11-27/h3-23H,1-2H3. The van der Waals surface area contributed by atoms with Gasteiger partial charge in [-0.15, -0.1) is 0 Å². The largest absolute Gasteiger partial charge is 0.345 e. The van der Waals surface area contributed by atoms with Crippen LogP contribution in [0, 0.1) is 6.92 Å². The number of para-hydroxylation sites is 1. The first kappa shape index (κ1) is 21.2. The van der Waals surface area contributed by atoms with E-state index >= 15 is 0 Å². The maximum absolute atomic E-state index is 2.26. The van der Waals surface area contributed by atoms with E-state index in [4.69, 9.17) is 0 Å². The van der Waals surface area contributed by atoms with Gasteiger partial charge in [0.2, 0.25) is 0 Å². The molecular weight excluding hydrogens is 422 g/mol. The van der Waals surface area contributed by atoms with Gasteiger partial charge >= 0.3 is 0 Å². The van der Waals surface area contributed by atoms with E-state index in [-0.39, 0.29) is 0 Å². The van der Waals surface area contributed by atoms with E-state index in [1.165, 1.54) is 60.7 Å². The van der Waals surface area contributed by atoms with Crippen molar-refractivity contribution < 1.29 is 0 Å². The molecule has 0 bridgehead atoms. The van der Waals surface area contributed by atoms with Gasteiger partial charge in [-0.25, -0.2) is 0 Å². The average molecular weight is 450 g/mol. The van der Waals surface area contributed by atoms with Crippen LogP contribution in [0.5, 0.6) is 0 Å². The Morgan fingerprint density at radius 2 is 0.771 bits per heavy atom. The normalized spacial score (nSPS) is 11.1. The lowest BCUT2D eigenvalue weighted by Gasteiger charge is -2.21. The molecule has 0 spiro atoms. The molecule has 0 saturated heterocycles. The number of hydrogen-bond acceptors (Lipinski definition) is 1. The Hall–Kier alpha value is -4.36. The van der Waals surface area contributed by atoms with Crippen LogP contribution in [0.25, 0.3) is 43.8 Å². The second-order valence-electron chi connectivity index (χ2n) is 9.15. The molecular formula is C34H27N. The van der Waals surface area contributed by atoms with E-state index < -0.39 is 0 Å². The van der Waals surface area contributed by atoms with Crippen LogP contribution < -0.4 is 4.90 Å². The molecule has 1 nitrogen and oxygen atoms in total. The topological polar surface area (TPSA) is 3.24 Å². The summed E-state index contributed by atoms with van der Waals surface area (Å²) in [5.74, 6) is 0. The Labute approximate surface area is 206 Å². The zero-order valence-corrected chi connectivity index (χ0v) is 20.1. The van der Waals surface area contributed by atoms with Crippen LogP contribution in [-0.2, 0) is 0 Å². The van der Waals surface area contributed by atoms with Crippen LogP contribution in [0.2, 0.25) is 0 Å². The van der Waals surface area contributed by atoms with Crippen molar-refractivity contribution >= 4 is 32.9 Å². The molecule has 1 heteroatoms. The van der Waals surface area contributed by atoms with Gasteiger partial charge in [-0.05, 0) is 75.0 Å². The summed E-state index contributed by atoms with van der Waals surface area (Å²) in [6, 6.07) is 46.0. The summed E-state index contributed by atoms with van der Waals surface area (Å²) in [4.78, 5) is 2.22. The first-order valence-corrected chi connectivity index (χ1v) is 12.1. The summed E-state index contributed by atoms with van der Waals surface area (Å²) in [6.07, 6.45) is 0. The molecule has 0 fully saturated rings. The van der Waals surface area contributed by atoms with E-state index in [2.05, 4.69) is 146 Å². The SMILES string of the molecule is Cc1ccc(-c2c3ccccc3c(-c3ccc(N(C)c4ccccc4)cc3)c3ccccc23)cc1. The molecule has 168 valence electrons. The Bertz CT molecular complexity index is 1570. The zero-order chi connectivity index (χ0) is 23.8. The fraction of sp³-hybridized carbons (Fsp3) is 0.0588. The minimum absolute atomic E-state index is 1.17. The monoisotopic (exact) mass is 449 g/mol. The Morgan fingerprint density at radius 3 is 1.23 bits per heavy atom. The molecule has 0 atom stereocenters. The van der Waals surface area contributed by atoms with E-state index in [0.717, 1.165) is 0 Å². The fourth-order valence-electron chi connectivity index (χ4n) is 5.12. The lowest BCUT2D eigenvalue weighted by molar-refractivity contribution is 1.21. The fourth-order valence-corrected chi connectivity index (χ4v) is 5.12. The molecule has 0 amide bonds. The van der Waals surface area contributed by atoms with Crippen LogP contribution in [0.15, 0.2) is 127 Å². The Balaban J connectivity index is 1.57. The first-order chi connectivity index (χ1) is 17.2. The summed E-state index contributed by atoms with van der Waals surface area (Å²) in [6.45, 7) is 2.14. The third kappa shape index (κ3) is 3.76. The van der Waals surface area contributed by atoms with Crippen molar-refractivity contribution in [3.05, 3.63) is 133 Å². The van der Waals surface area contributed by atoms with Gasteiger partial charge in [0.25, 0.3) is 0 Å². The molecule has 0 aromatic heterocycles. The summed E-state index contributed by atoms with van der Waals surface area (Å²) in [5.41, 5.74) is 8.72. The van der Waals surface area contributed by atoms with Gasteiger partial charge in [0.1, 0.15) is 0 Å². The number of fused-ring (bicyclic) bond motifs is 2. The molecule has 0 aliphatic rings. The minimum atomic E-state index is 1.17. The van der Waals surface area contributed by atoms with Crippen molar-refractivity contribution in [2.75, 3.05) is 11.9 Å². The van der Waals surface area contributed by atoms with E-state index in [9.17, 15) is 0 Å². The predicted octanol–water partition coefficient (Wildman–Crippen LogP) is 9.40. The van der Waals surface area contributed by atoms with Crippen LogP contribution in [-0.4, -0.2) is 7.05 Å². The van der Waals surface area contributed by atoms with Crippen LogP contribution in [0.1, 0.15) is 5.56 Å². The lowest BCUT2D eigenvalue weighted by Crippen LogP contribution is -2.08. The lowest BCUT2D eigenvalue weighted by atomic mass is 9.86. The maximum Gasteiger partial charge on any atom is 0.0408 e. The quantitative estimate of drug-likeness (QED) is 0.242. The van der Waals surface area contributed by atoms with Crippen LogP contribution >= 0.6 is 0 Å². The third-order valence-corrected chi connectivity index (χ3v) is 6.96. The number of hydrogen-bond donors (Lipinski definition) is 0. The Kier molecular flexibility index (Phi) is 5.31. The average Bonchev–Trinajstić information content (AvgIpc) is 2.92. The number of nitrogens with zero attached hydrogens (tertiary/aromatic N) is 1. The highest BCUT2D eigenvalue weighted by Gasteiger charge is 2.16. The smallest absolute Gasteiger partial charge is 0.0408 e. The highest BCUT2D eigenvalue weighted by molar-refractivity contribution is 6.21. The van der Waals surface area contributed by atoms with Gasteiger partial charge in [0.05, 0.1) is 0 Å². The van der Waals surface area contributed by atoms with Crippen molar-refractivity contribution in [2.45, 2.75) is 6.92 Å². The minimum Gasteiger partial charge on any atom is -0.345 e. The van der Waals surface area contributed by atoms with Crippen LogP contribution in [0.3, 0.4) is 0 Å². The van der Waals surface area contributed by atoms with Gasteiger partial charge in [-0.1, -0.05) is 109 Å². The summed E-state index contributed by atoms with van der Waals surface area (Å²) in [5, 5.41) is 5.14.